The van der Waals surface area contributed by atoms with Crippen molar-refractivity contribution in [2.75, 3.05) is 0 Å². The Morgan fingerprint density at radius 2 is 1.75 bits per heavy atom. The van der Waals surface area contributed by atoms with Crippen LogP contribution in [0.25, 0.3) is 0 Å². The Morgan fingerprint density at radius 3 is 2.38 bits per heavy atom. The molecule has 0 aromatic carbocycles. The van der Waals surface area contributed by atoms with Crippen molar-refractivity contribution in [3.8, 4) is 0 Å². The molecule has 7 atom stereocenters. The summed E-state index contributed by atoms with van der Waals surface area (Å²) in [6, 6.07) is 0. The van der Waals surface area contributed by atoms with Gasteiger partial charge in [0.15, 0.2) is 0 Å². The molecule has 0 saturated heterocycles. The van der Waals surface area contributed by atoms with Crippen LogP contribution in [-0.2, 0) is 0 Å². The van der Waals surface area contributed by atoms with E-state index in [9.17, 15) is 10.2 Å². The minimum Gasteiger partial charge on any atom is -0.392 e. The van der Waals surface area contributed by atoms with Crippen molar-refractivity contribution in [2.45, 2.75) is 52.2 Å². The largest absolute Gasteiger partial charge is 0.392 e. The maximum absolute atomic E-state index is 10.4. The third-order valence-electron chi connectivity index (χ3n) is 6.40. The van der Waals surface area contributed by atoms with Gasteiger partial charge in [0.05, 0.1) is 12.2 Å². The summed E-state index contributed by atoms with van der Waals surface area (Å²) < 4.78 is 0. The van der Waals surface area contributed by atoms with Crippen molar-refractivity contribution in [1.82, 2.24) is 0 Å². The Morgan fingerprint density at radius 1 is 1.06 bits per heavy atom. The van der Waals surface area contributed by atoms with Crippen molar-refractivity contribution in [1.29, 1.82) is 0 Å². The SMILES string of the molecule is CC(C)C1(C)C2CC3CC1C(O)C(C2)C3O. The molecule has 4 saturated carbocycles. The van der Waals surface area contributed by atoms with Crippen LogP contribution in [0.4, 0.5) is 0 Å². The first kappa shape index (κ1) is 11.0. The highest BCUT2D eigenvalue weighted by Gasteiger charge is 2.62. The molecular formula is C14H24O2. The van der Waals surface area contributed by atoms with Crippen molar-refractivity contribution in [2.24, 2.45) is 35.0 Å². The lowest BCUT2D eigenvalue weighted by atomic mass is 9.42. The molecule has 4 fully saturated rings. The number of rotatable bonds is 1. The van der Waals surface area contributed by atoms with E-state index in [0.29, 0.717) is 23.2 Å². The summed E-state index contributed by atoms with van der Waals surface area (Å²) >= 11 is 0. The Hall–Kier alpha value is -0.0800. The molecule has 2 N–H and O–H groups in total. The molecular weight excluding hydrogens is 200 g/mol. The van der Waals surface area contributed by atoms with Gasteiger partial charge in [-0.1, -0.05) is 20.8 Å². The first-order chi connectivity index (χ1) is 7.46. The quantitative estimate of drug-likeness (QED) is 0.715. The van der Waals surface area contributed by atoms with E-state index in [0.717, 1.165) is 18.8 Å². The molecule has 92 valence electrons. The normalized spacial score (nSPS) is 59.6. The van der Waals surface area contributed by atoms with Gasteiger partial charge in [0.25, 0.3) is 0 Å². The van der Waals surface area contributed by atoms with Crippen LogP contribution in [0.15, 0.2) is 0 Å². The topological polar surface area (TPSA) is 40.5 Å². The summed E-state index contributed by atoms with van der Waals surface area (Å²) in [7, 11) is 0. The summed E-state index contributed by atoms with van der Waals surface area (Å²) in [5, 5.41) is 20.6. The first-order valence-electron chi connectivity index (χ1n) is 6.82. The zero-order chi connectivity index (χ0) is 11.7. The van der Waals surface area contributed by atoms with Crippen LogP contribution in [0, 0.1) is 35.0 Å². The van der Waals surface area contributed by atoms with Gasteiger partial charge in [-0.05, 0) is 48.3 Å². The molecule has 2 heteroatoms. The summed E-state index contributed by atoms with van der Waals surface area (Å²) in [4.78, 5) is 0. The van der Waals surface area contributed by atoms with Gasteiger partial charge in [0.1, 0.15) is 0 Å². The molecule has 0 aromatic rings. The highest BCUT2D eigenvalue weighted by atomic mass is 16.3. The van der Waals surface area contributed by atoms with E-state index in [1.807, 2.05) is 0 Å². The second-order valence-electron chi connectivity index (χ2n) is 6.94. The Kier molecular flexibility index (Phi) is 2.23. The van der Waals surface area contributed by atoms with Crippen molar-refractivity contribution < 1.29 is 10.2 Å². The molecule has 4 aliphatic rings. The van der Waals surface area contributed by atoms with Gasteiger partial charge in [-0.2, -0.15) is 0 Å². The minimum atomic E-state index is -0.254. The number of hydrogen-bond acceptors (Lipinski definition) is 2. The average molecular weight is 224 g/mol. The minimum absolute atomic E-state index is 0.175. The fourth-order valence-corrected chi connectivity index (χ4v) is 5.09. The van der Waals surface area contributed by atoms with Crippen molar-refractivity contribution >= 4 is 0 Å². The standard InChI is InChI=1S/C14H24O2/c1-7(2)14(3)9-4-8-5-11(14)13(16)10(6-9)12(8)15/h7-13,15-16H,4-6H2,1-3H3. The van der Waals surface area contributed by atoms with E-state index in [2.05, 4.69) is 20.8 Å². The van der Waals surface area contributed by atoms with E-state index >= 15 is 0 Å². The van der Waals surface area contributed by atoms with E-state index in [1.165, 1.54) is 6.42 Å². The molecule has 4 rings (SSSR count). The van der Waals surface area contributed by atoms with Crippen LogP contribution in [0.5, 0.6) is 0 Å². The van der Waals surface area contributed by atoms with E-state index in [-0.39, 0.29) is 18.1 Å². The van der Waals surface area contributed by atoms with Crippen molar-refractivity contribution in [3.05, 3.63) is 0 Å². The molecule has 16 heavy (non-hydrogen) atoms. The van der Waals surface area contributed by atoms with Crippen molar-refractivity contribution in [3.63, 3.8) is 0 Å². The van der Waals surface area contributed by atoms with Gasteiger partial charge in [-0.25, -0.2) is 0 Å². The Bertz CT molecular complexity index is 301. The van der Waals surface area contributed by atoms with Gasteiger partial charge in [-0.15, -0.1) is 0 Å². The second-order valence-corrected chi connectivity index (χ2v) is 6.94. The zero-order valence-corrected chi connectivity index (χ0v) is 10.6. The van der Waals surface area contributed by atoms with E-state index in [1.54, 1.807) is 0 Å². The van der Waals surface area contributed by atoms with Crippen LogP contribution in [0.2, 0.25) is 0 Å². The fourth-order valence-electron chi connectivity index (χ4n) is 5.09. The molecule has 0 aliphatic heterocycles. The molecule has 2 nitrogen and oxygen atoms in total. The number of aliphatic hydroxyl groups is 2. The predicted molar refractivity (Wildman–Crippen MR) is 62.8 cm³/mol. The summed E-state index contributed by atoms with van der Waals surface area (Å²) in [6.07, 6.45) is 2.80. The van der Waals surface area contributed by atoms with E-state index in [4.69, 9.17) is 0 Å². The molecule has 4 aliphatic carbocycles. The summed E-state index contributed by atoms with van der Waals surface area (Å²) in [5.41, 5.74) is 0.298. The fraction of sp³-hybridized carbons (Fsp3) is 1.00. The lowest BCUT2D eigenvalue weighted by molar-refractivity contribution is -0.229. The van der Waals surface area contributed by atoms with Crippen LogP contribution < -0.4 is 0 Å². The van der Waals surface area contributed by atoms with Crippen LogP contribution in [0.3, 0.4) is 0 Å². The lowest BCUT2D eigenvalue weighted by Crippen LogP contribution is -2.64. The van der Waals surface area contributed by atoms with Gasteiger partial charge < -0.3 is 10.2 Å². The van der Waals surface area contributed by atoms with Crippen LogP contribution in [-0.4, -0.2) is 22.4 Å². The molecule has 0 heterocycles. The van der Waals surface area contributed by atoms with Gasteiger partial charge in [-0.3, -0.25) is 0 Å². The van der Waals surface area contributed by atoms with Gasteiger partial charge in [0.2, 0.25) is 0 Å². The molecule has 0 aromatic heterocycles. The Balaban J connectivity index is 1.99. The maximum Gasteiger partial charge on any atom is 0.0626 e. The molecule has 0 radical (unpaired) electrons. The maximum atomic E-state index is 10.4. The number of aliphatic hydroxyl groups excluding tert-OH is 2. The summed E-state index contributed by atoms with van der Waals surface area (Å²) in [6.45, 7) is 6.97. The highest BCUT2D eigenvalue weighted by molar-refractivity contribution is 5.11. The first-order valence-corrected chi connectivity index (χ1v) is 6.82. The molecule has 4 bridgehead atoms. The summed E-state index contributed by atoms with van der Waals surface area (Å²) in [5.74, 6) is 2.44. The second kappa shape index (κ2) is 3.23. The third kappa shape index (κ3) is 1.10. The predicted octanol–water partition coefficient (Wildman–Crippen LogP) is 2.05. The van der Waals surface area contributed by atoms with Gasteiger partial charge >= 0.3 is 0 Å². The van der Waals surface area contributed by atoms with Crippen LogP contribution >= 0.6 is 0 Å². The smallest absolute Gasteiger partial charge is 0.0626 e. The number of hydrogen-bond donors (Lipinski definition) is 2. The van der Waals surface area contributed by atoms with E-state index < -0.39 is 0 Å². The molecule has 7 unspecified atom stereocenters. The average Bonchev–Trinajstić information content (AvgIpc) is 2.22. The van der Waals surface area contributed by atoms with Crippen LogP contribution in [0.1, 0.15) is 40.0 Å². The lowest BCUT2D eigenvalue weighted by Gasteiger charge is -2.65. The Labute approximate surface area is 98.1 Å². The monoisotopic (exact) mass is 224 g/mol. The molecule has 0 amide bonds. The molecule has 0 spiro atoms. The third-order valence-corrected chi connectivity index (χ3v) is 6.40. The zero-order valence-electron chi connectivity index (χ0n) is 10.6. The van der Waals surface area contributed by atoms with Gasteiger partial charge in [0, 0.05) is 5.92 Å². The highest BCUT2D eigenvalue weighted by Crippen LogP contribution is 2.64.